The Morgan fingerprint density at radius 2 is 2.15 bits per heavy atom. The van der Waals surface area contributed by atoms with Crippen LogP contribution in [0.4, 0.5) is 5.69 Å². The number of hydrogen-bond acceptors (Lipinski definition) is 5. The Morgan fingerprint density at radius 1 is 1.27 bits per heavy atom. The average molecular weight is 356 g/mol. The maximum Gasteiger partial charge on any atom is 0.120 e. The van der Waals surface area contributed by atoms with Crippen LogP contribution in [0.5, 0.6) is 5.75 Å². The lowest BCUT2D eigenvalue weighted by atomic mass is 10.1. The van der Waals surface area contributed by atoms with Crippen molar-refractivity contribution in [3.05, 3.63) is 42.0 Å². The van der Waals surface area contributed by atoms with Gasteiger partial charge in [-0.1, -0.05) is 18.9 Å². The van der Waals surface area contributed by atoms with E-state index in [9.17, 15) is 0 Å². The summed E-state index contributed by atoms with van der Waals surface area (Å²) in [7, 11) is 1.72. The van der Waals surface area contributed by atoms with Crippen molar-refractivity contribution >= 4 is 5.69 Å². The number of aromatic nitrogens is 2. The van der Waals surface area contributed by atoms with E-state index in [1.54, 1.807) is 13.4 Å². The normalized spacial score (nSPS) is 20.8. The van der Waals surface area contributed by atoms with Crippen LogP contribution in [0.25, 0.3) is 0 Å². The summed E-state index contributed by atoms with van der Waals surface area (Å²) in [5.41, 5.74) is 3.60. The topological polar surface area (TPSA) is 62.4 Å². The smallest absolute Gasteiger partial charge is 0.120 e. The van der Waals surface area contributed by atoms with Crippen LogP contribution in [0.2, 0.25) is 0 Å². The van der Waals surface area contributed by atoms with Gasteiger partial charge in [0, 0.05) is 31.0 Å². The van der Waals surface area contributed by atoms with Gasteiger partial charge in [0.25, 0.3) is 0 Å². The number of fused-ring (bicyclic) bond motifs is 1. The number of hydrogen-bond donors (Lipinski definition) is 2. The molecule has 1 aromatic carbocycles. The zero-order valence-electron chi connectivity index (χ0n) is 15.4. The number of methoxy groups -OCH3 is 1. The van der Waals surface area contributed by atoms with Crippen molar-refractivity contribution in [2.45, 2.75) is 50.9 Å². The fraction of sp³-hybridized carbons (Fsp3) is 0.550. The van der Waals surface area contributed by atoms with Gasteiger partial charge in [0.05, 0.1) is 44.4 Å². The molecule has 0 saturated heterocycles. The minimum atomic E-state index is 0.271. The number of nitrogens with one attached hydrogen (secondary N) is 2. The van der Waals surface area contributed by atoms with Crippen LogP contribution < -0.4 is 15.0 Å². The molecule has 1 saturated carbocycles. The van der Waals surface area contributed by atoms with Gasteiger partial charge in [-0.2, -0.15) is 0 Å². The van der Waals surface area contributed by atoms with Crippen LogP contribution >= 0.6 is 0 Å². The van der Waals surface area contributed by atoms with Crippen LogP contribution in [0.1, 0.15) is 36.9 Å². The van der Waals surface area contributed by atoms with Crippen molar-refractivity contribution in [2.75, 3.05) is 25.2 Å². The molecule has 2 aliphatic rings. The quantitative estimate of drug-likeness (QED) is 0.833. The van der Waals surface area contributed by atoms with Crippen LogP contribution in [-0.2, 0) is 17.8 Å². The molecular formula is C20H28N4O2. The van der Waals surface area contributed by atoms with E-state index in [2.05, 4.69) is 32.3 Å². The van der Waals surface area contributed by atoms with E-state index in [1.807, 2.05) is 12.3 Å². The monoisotopic (exact) mass is 356 g/mol. The summed E-state index contributed by atoms with van der Waals surface area (Å²) in [6, 6.07) is 6.60. The summed E-state index contributed by atoms with van der Waals surface area (Å²) < 4.78 is 11.8. The van der Waals surface area contributed by atoms with Crippen molar-refractivity contribution in [3.63, 3.8) is 0 Å². The molecule has 1 aromatic heterocycles. The molecular weight excluding hydrogens is 328 g/mol. The maximum atomic E-state index is 6.28. The van der Waals surface area contributed by atoms with Gasteiger partial charge in [0.2, 0.25) is 0 Å². The summed E-state index contributed by atoms with van der Waals surface area (Å²) >= 11 is 0. The van der Waals surface area contributed by atoms with E-state index in [1.165, 1.54) is 36.9 Å². The highest BCUT2D eigenvalue weighted by Gasteiger charge is 2.27. The second kappa shape index (κ2) is 8.10. The fourth-order valence-electron chi connectivity index (χ4n) is 3.99. The summed E-state index contributed by atoms with van der Waals surface area (Å²) in [5.74, 6) is 0.885. The number of ether oxygens (including phenoxy) is 2. The Labute approximate surface area is 154 Å². The summed E-state index contributed by atoms with van der Waals surface area (Å²) in [4.78, 5) is 9.85. The maximum absolute atomic E-state index is 6.28. The largest absolute Gasteiger partial charge is 0.497 e. The lowest BCUT2D eigenvalue weighted by Crippen LogP contribution is -2.44. The lowest BCUT2D eigenvalue weighted by Gasteiger charge is -2.33. The van der Waals surface area contributed by atoms with Gasteiger partial charge in [0.15, 0.2) is 0 Å². The van der Waals surface area contributed by atoms with Crippen molar-refractivity contribution in [1.82, 2.24) is 15.3 Å². The molecule has 6 nitrogen and oxygen atoms in total. The molecule has 1 aliphatic carbocycles. The first-order chi connectivity index (χ1) is 12.8. The first kappa shape index (κ1) is 17.4. The van der Waals surface area contributed by atoms with Gasteiger partial charge in [-0.05, 0) is 24.5 Å². The summed E-state index contributed by atoms with van der Waals surface area (Å²) in [5, 5.41) is 3.59. The molecule has 0 bridgehead atoms. The second-order valence-electron chi connectivity index (χ2n) is 7.22. The first-order valence-electron chi connectivity index (χ1n) is 9.56. The van der Waals surface area contributed by atoms with Crippen molar-refractivity contribution in [1.29, 1.82) is 0 Å². The summed E-state index contributed by atoms with van der Waals surface area (Å²) in [6.07, 6.45) is 9.05. The average Bonchev–Trinajstić information content (AvgIpc) is 3.34. The Bertz CT molecular complexity index is 698. The van der Waals surface area contributed by atoms with Crippen LogP contribution in [0.3, 0.4) is 0 Å². The molecule has 2 aromatic rings. The van der Waals surface area contributed by atoms with E-state index in [0.717, 1.165) is 37.7 Å². The molecule has 2 N–H and O–H groups in total. The fourth-order valence-corrected chi connectivity index (χ4v) is 3.99. The molecule has 0 radical (unpaired) electrons. The Kier molecular flexibility index (Phi) is 5.41. The lowest BCUT2D eigenvalue weighted by molar-refractivity contribution is 0.0476. The number of imidazole rings is 1. The third kappa shape index (κ3) is 3.86. The number of benzene rings is 1. The van der Waals surface area contributed by atoms with E-state index >= 15 is 0 Å². The SMILES string of the molecule is COc1ccc2c(c1)N(Cc1cnc[nH]1)C(COC1CCCC1)CNC2. The molecule has 1 unspecified atom stereocenters. The molecule has 1 fully saturated rings. The zero-order chi connectivity index (χ0) is 17.8. The van der Waals surface area contributed by atoms with Crippen molar-refractivity contribution in [3.8, 4) is 5.75 Å². The molecule has 1 atom stereocenters. The van der Waals surface area contributed by atoms with Gasteiger partial charge >= 0.3 is 0 Å². The van der Waals surface area contributed by atoms with Gasteiger partial charge in [-0.25, -0.2) is 4.98 Å². The van der Waals surface area contributed by atoms with Crippen molar-refractivity contribution < 1.29 is 9.47 Å². The van der Waals surface area contributed by atoms with Crippen molar-refractivity contribution in [2.24, 2.45) is 0 Å². The Balaban J connectivity index is 1.59. The number of H-pyrrole nitrogens is 1. The van der Waals surface area contributed by atoms with Crippen LogP contribution in [0, 0.1) is 0 Å². The molecule has 4 rings (SSSR count). The molecule has 2 heterocycles. The van der Waals surface area contributed by atoms with Gasteiger partial charge in [-0.15, -0.1) is 0 Å². The van der Waals surface area contributed by atoms with Gasteiger partial charge in [0.1, 0.15) is 5.75 Å². The van der Waals surface area contributed by atoms with E-state index < -0.39 is 0 Å². The third-order valence-corrected chi connectivity index (χ3v) is 5.46. The highest BCUT2D eigenvalue weighted by Crippen LogP contribution is 2.31. The number of anilines is 1. The van der Waals surface area contributed by atoms with Gasteiger partial charge < -0.3 is 24.7 Å². The van der Waals surface area contributed by atoms with Gasteiger partial charge in [-0.3, -0.25) is 0 Å². The van der Waals surface area contributed by atoms with Crippen LogP contribution in [-0.4, -0.2) is 42.4 Å². The minimum Gasteiger partial charge on any atom is -0.497 e. The van der Waals surface area contributed by atoms with Crippen LogP contribution in [0.15, 0.2) is 30.7 Å². The van der Waals surface area contributed by atoms with E-state index in [0.29, 0.717) is 6.10 Å². The number of rotatable bonds is 6. The molecule has 1 aliphatic heterocycles. The molecule has 26 heavy (non-hydrogen) atoms. The molecule has 0 spiro atoms. The number of aromatic amines is 1. The molecule has 6 heteroatoms. The predicted octanol–water partition coefficient (Wildman–Crippen LogP) is 2.86. The molecule has 0 amide bonds. The predicted molar refractivity (Wildman–Crippen MR) is 101 cm³/mol. The first-order valence-corrected chi connectivity index (χ1v) is 9.56. The highest BCUT2D eigenvalue weighted by molar-refractivity contribution is 5.59. The standard InChI is InChI=1S/C20H28N4O2/c1-25-19-7-6-15-9-21-11-17(13-26-18-4-2-3-5-18)24(20(15)8-19)12-16-10-22-14-23-16/h6-8,10,14,17-18,21H,2-5,9,11-13H2,1H3,(H,22,23). The Morgan fingerprint density at radius 3 is 2.92 bits per heavy atom. The molecule has 140 valence electrons. The minimum absolute atomic E-state index is 0.271. The second-order valence-corrected chi connectivity index (χ2v) is 7.22. The zero-order valence-corrected chi connectivity index (χ0v) is 15.4. The third-order valence-electron chi connectivity index (χ3n) is 5.46. The highest BCUT2D eigenvalue weighted by atomic mass is 16.5. The Hall–Kier alpha value is -2.05. The van der Waals surface area contributed by atoms with E-state index in [4.69, 9.17) is 9.47 Å². The summed E-state index contributed by atoms with van der Waals surface area (Å²) in [6.45, 7) is 3.28. The van der Waals surface area contributed by atoms with E-state index in [-0.39, 0.29) is 6.04 Å². The number of nitrogens with zero attached hydrogens (tertiary/aromatic N) is 2.